The first-order valence-electron chi connectivity index (χ1n) is 15.3. The van der Waals surface area contributed by atoms with Gasteiger partial charge in [-0.3, -0.25) is 0 Å². The Hall–Kier alpha value is -2.84. The minimum atomic E-state index is 0.228. The Bertz CT molecular complexity index is 1840. The van der Waals surface area contributed by atoms with E-state index in [0.717, 1.165) is 19.3 Å². The molecule has 1 nitrogen and oxygen atoms in total. The summed E-state index contributed by atoms with van der Waals surface area (Å²) in [5, 5.41) is 8.48. The Morgan fingerprint density at radius 3 is 2.22 bits per heavy atom. The zero-order valence-electron chi connectivity index (χ0n) is 26.8. The topological polar surface area (TPSA) is 3.88 Å². The highest BCUT2D eigenvalue weighted by atomic mass is 32.2. The number of hydrogen-bond acceptors (Lipinski definition) is 1. The second-order valence-electron chi connectivity index (χ2n) is 15.3. The molecule has 1 aromatic heterocycles. The fraction of sp³-hybridized carbons (Fsp3) is 0.410. The van der Waals surface area contributed by atoms with Gasteiger partial charge in [0.15, 0.2) is 6.20 Å². The third-order valence-electron chi connectivity index (χ3n) is 8.51. The number of benzene rings is 4. The van der Waals surface area contributed by atoms with Gasteiger partial charge in [0.2, 0.25) is 5.69 Å². The molecule has 1 aliphatic rings. The molecule has 0 aliphatic carbocycles. The summed E-state index contributed by atoms with van der Waals surface area (Å²) in [6.45, 7) is 21.2. The first-order valence-corrected chi connectivity index (χ1v) is 16.2. The highest BCUT2D eigenvalue weighted by molar-refractivity contribution is 8.00. The monoisotopic (exact) mass is 560 g/mol. The minimum Gasteiger partial charge on any atom is -0.200 e. The molecule has 212 valence electrons. The van der Waals surface area contributed by atoms with Gasteiger partial charge >= 0.3 is 0 Å². The molecule has 0 saturated carbocycles. The van der Waals surface area contributed by atoms with E-state index in [4.69, 9.17) is 0 Å². The van der Waals surface area contributed by atoms with E-state index in [9.17, 15) is 0 Å². The highest BCUT2D eigenvalue weighted by Gasteiger charge is 2.33. The van der Waals surface area contributed by atoms with Crippen molar-refractivity contribution in [2.45, 2.75) is 91.4 Å². The van der Waals surface area contributed by atoms with Gasteiger partial charge in [-0.15, -0.1) is 0 Å². The van der Waals surface area contributed by atoms with Gasteiger partial charge in [0.25, 0.3) is 0 Å². The zero-order valence-corrected chi connectivity index (χ0v) is 27.6. The molecule has 0 unspecified atom stereocenters. The highest BCUT2D eigenvalue weighted by Crippen LogP contribution is 2.53. The number of aromatic nitrogens is 1. The summed E-state index contributed by atoms with van der Waals surface area (Å²) in [6, 6.07) is 19.1. The fourth-order valence-electron chi connectivity index (χ4n) is 7.07. The standard InChI is InChI=1S/C39H46NS/c1-23(2)18-31-28-15-14-25(21-38(4,5)6)19-30(28)24(3)33-36-35-29(16-17-40(36)10)34-26(20-32(35)41-37(31)33)12-11-13-27(34)22-39(7,8)9/h11-17,19-20,23H,18,21-22H2,1-10H3/q+1. The lowest BCUT2D eigenvalue weighted by molar-refractivity contribution is -0.659. The maximum Gasteiger partial charge on any atom is 0.222 e. The van der Waals surface area contributed by atoms with Crippen LogP contribution in [-0.2, 0) is 26.3 Å². The maximum atomic E-state index is 2.50. The quantitative estimate of drug-likeness (QED) is 0.153. The van der Waals surface area contributed by atoms with Gasteiger partial charge in [-0.2, -0.15) is 0 Å². The van der Waals surface area contributed by atoms with Gasteiger partial charge < -0.3 is 0 Å². The molecule has 0 spiro atoms. The van der Waals surface area contributed by atoms with E-state index >= 15 is 0 Å². The van der Waals surface area contributed by atoms with Crippen molar-refractivity contribution < 1.29 is 4.57 Å². The van der Waals surface area contributed by atoms with Crippen LogP contribution >= 0.6 is 11.8 Å². The van der Waals surface area contributed by atoms with E-state index < -0.39 is 0 Å². The van der Waals surface area contributed by atoms with E-state index in [1.807, 2.05) is 11.8 Å². The van der Waals surface area contributed by atoms with Gasteiger partial charge in [0, 0.05) is 21.2 Å². The van der Waals surface area contributed by atoms with Crippen LogP contribution in [0.4, 0.5) is 0 Å². The first kappa shape index (κ1) is 28.3. The maximum absolute atomic E-state index is 2.50. The molecule has 6 rings (SSSR count). The van der Waals surface area contributed by atoms with Gasteiger partial charge in [-0.25, -0.2) is 4.57 Å². The number of aryl methyl sites for hydroxylation is 2. The summed E-state index contributed by atoms with van der Waals surface area (Å²) in [6.07, 6.45) is 5.54. The molecule has 41 heavy (non-hydrogen) atoms. The van der Waals surface area contributed by atoms with Crippen LogP contribution in [-0.4, -0.2) is 0 Å². The van der Waals surface area contributed by atoms with Crippen LogP contribution < -0.4 is 4.57 Å². The van der Waals surface area contributed by atoms with Crippen LogP contribution in [0.25, 0.3) is 43.6 Å². The smallest absolute Gasteiger partial charge is 0.200 e. The van der Waals surface area contributed by atoms with Crippen molar-refractivity contribution in [2.24, 2.45) is 23.8 Å². The van der Waals surface area contributed by atoms with Gasteiger partial charge in [-0.1, -0.05) is 104 Å². The molecular formula is C39H46NS+. The molecule has 2 heteroatoms. The minimum absolute atomic E-state index is 0.228. The predicted molar refractivity (Wildman–Crippen MR) is 179 cm³/mol. The van der Waals surface area contributed by atoms with Crippen molar-refractivity contribution in [1.82, 2.24) is 0 Å². The molecule has 5 aromatic rings. The number of hydrogen-bond donors (Lipinski definition) is 0. The van der Waals surface area contributed by atoms with Crippen molar-refractivity contribution in [1.29, 1.82) is 0 Å². The van der Waals surface area contributed by atoms with Crippen LogP contribution in [0, 0.1) is 23.7 Å². The Morgan fingerprint density at radius 2 is 1.54 bits per heavy atom. The van der Waals surface area contributed by atoms with Crippen LogP contribution in [0.15, 0.2) is 64.5 Å². The molecular weight excluding hydrogens is 515 g/mol. The number of pyridine rings is 1. The summed E-state index contributed by atoms with van der Waals surface area (Å²) in [5.41, 5.74) is 9.15. The number of nitrogens with zero attached hydrogens (tertiary/aromatic N) is 1. The Kier molecular flexibility index (Phi) is 6.81. The van der Waals surface area contributed by atoms with E-state index in [-0.39, 0.29) is 10.8 Å². The fourth-order valence-corrected chi connectivity index (χ4v) is 8.46. The van der Waals surface area contributed by atoms with Crippen molar-refractivity contribution in [3.8, 4) is 11.3 Å². The summed E-state index contributed by atoms with van der Waals surface area (Å²) in [4.78, 5) is 2.86. The van der Waals surface area contributed by atoms with Crippen LogP contribution in [0.2, 0.25) is 0 Å². The second-order valence-corrected chi connectivity index (χ2v) is 16.4. The van der Waals surface area contributed by atoms with E-state index in [1.165, 1.54) is 75.6 Å². The molecule has 0 atom stereocenters. The number of rotatable bonds is 4. The average Bonchev–Trinajstić information content (AvgIpc) is 2.85. The average molecular weight is 561 g/mol. The van der Waals surface area contributed by atoms with Gasteiger partial charge in [0.05, 0.1) is 10.9 Å². The third kappa shape index (κ3) is 5.07. The lowest BCUT2D eigenvalue weighted by atomic mass is 9.83. The number of fused-ring (bicyclic) bond motifs is 5. The van der Waals surface area contributed by atoms with Crippen molar-refractivity contribution in [3.05, 3.63) is 77.0 Å². The Labute approximate surface area is 251 Å². The van der Waals surface area contributed by atoms with Crippen molar-refractivity contribution in [2.75, 3.05) is 0 Å². The third-order valence-corrected chi connectivity index (χ3v) is 9.71. The zero-order chi connectivity index (χ0) is 29.4. The van der Waals surface area contributed by atoms with Crippen molar-refractivity contribution >= 4 is 44.1 Å². The lowest BCUT2D eigenvalue weighted by Crippen LogP contribution is -2.32. The lowest BCUT2D eigenvalue weighted by Gasteiger charge is -2.27. The molecule has 0 fully saturated rings. The van der Waals surface area contributed by atoms with E-state index in [1.54, 1.807) is 0 Å². The van der Waals surface area contributed by atoms with Gasteiger partial charge in [-0.05, 0) is 92.8 Å². The summed E-state index contributed by atoms with van der Waals surface area (Å²) in [5.74, 6) is 0.586. The largest absolute Gasteiger partial charge is 0.222 e. The van der Waals surface area contributed by atoms with Crippen LogP contribution in [0.1, 0.15) is 77.6 Å². The summed E-state index contributed by atoms with van der Waals surface area (Å²) in [7, 11) is 2.24. The van der Waals surface area contributed by atoms with Crippen LogP contribution in [0.3, 0.4) is 0 Å². The van der Waals surface area contributed by atoms with E-state index in [0.29, 0.717) is 5.92 Å². The Balaban J connectivity index is 1.72. The first-order chi connectivity index (χ1) is 19.2. The van der Waals surface area contributed by atoms with Crippen molar-refractivity contribution in [3.63, 3.8) is 0 Å². The Morgan fingerprint density at radius 1 is 0.805 bits per heavy atom. The molecule has 0 radical (unpaired) electrons. The molecule has 2 heterocycles. The summed E-state index contributed by atoms with van der Waals surface area (Å²) >= 11 is 2.02. The molecule has 0 bridgehead atoms. The molecule has 0 N–H and O–H groups in total. The van der Waals surface area contributed by atoms with Crippen LogP contribution in [0.5, 0.6) is 0 Å². The second kappa shape index (κ2) is 9.87. The molecule has 1 aliphatic heterocycles. The van der Waals surface area contributed by atoms with E-state index in [2.05, 4.69) is 129 Å². The predicted octanol–water partition coefficient (Wildman–Crippen LogP) is 10.8. The molecule has 4 aromatic carbocycles. The molecule has 0 amide bonds. The SMILES string of the molecule is Cc1c2c(c(CC(C)C)c3ccc(CC(C)(C)C)cc13)Sc1cc3cccc(CC(C)(C)C)c3c3cc[n+](C)c-2c13. The van der Waals surface area contributed by atoms with Gasteiger partial charge in [0.1, 0.15) is 7.05 Å². The molecule has 0 saturated heterocycles. The normalized spacial score (nSPS) is 13.5. The summed E-state index contributed by atoms with van der Waals surface area (Å²) < 4.78 is 2.39.